The maximum atomic E-state index is 12.6. The van der Waals surface area contributed by atoms with E-state index in [1.807, 2.05) is 36.4 Å². The molecule has 1 heterocycles. The van der Waals surface area contributed by atoms with Gasteiger partial charge in [-0.25, -0.2) is 4.98 Å². The van der Waals surface area contributed by atoms with Crippen LogP contribution in [0.5, 0.6) is 0 Å². The van der Waals surface area contributed by atoms with Crippen molar-refractivity contribution in [3.05, 3.63) is 84.1 Å². The van der Waals surface area contributed by atoms with E-state index < -0.39 is 0 Å². The quantitative estimate of drug-likeness (QED) is 0.771. The third-order valence-corrected chi connectivity index (χ3v) is 4.27. The maximum absolute atomic E-state index is 12.6. The summed E-state index contributed by atoms with van der Waals surface area (Å²) in [4.78, 5) is 17.9. The van der Waals surface area contributed by atoms with Gasteiger partial charge >= 0.3 is 0 Å². The van der Waals surface area contributed by atoms with Crippen molar-refractivity contribution in [1.29, 1.82) is 5.26 Å². The van der Waals surface area contributed by atoms with Gasteiger partial charge in [0.15, 0.2) is 0 Å². The van der Waals surface area contributed by atoms with Gasteiger partial charge in [-0.3, -0.25) is 4.79 Å². The predicted octanol–water partition coefficient (Wildman–Crippen LogP) is 4.36. The van der Waals surface area contributed by atoms with Gasteiger partial charge in [-0.2, -0.15) is 5.26 Å². The predicted molar refractivity (Wildman–Crippen MR) is 93.9 cm³/mol. The van der Waals surface area contributed by atoms with Crippen molar-refractivity contribution in [2.45, 2.75) is 9.92 Å². The van der Waals surface area contributed by atoms with E-state index in [1.54, 1.807) is 42.6 Å². The van der Waals surface area contributed by atoms with Crippen LogP contribution < -0.4 is 5.32 Å². The summed E-state index contributed by atoms with van der Waals surface area (Å²) in [7, 11) is 0. The first kappa shape index (κ1) is 15.8. The highest BCUT2D eigenvalue weighted by Gasteiger charge is 2.13. The molecule has 116 valence electrons. The van der Waals surface area contributed by atoms with E-state index in [9.17, 15) is 4.79 Å². The van der Waals surface area contributed by atoms with Crippen molar-refractivity contribution in [3.8, 4) is 6.07 Å². The number of benzene rings is 2. The van der Waals surface area contributed by atoms with Gasteiger partial charge in [0.1, 0.15) is 5.03 Å². The first-order chi connectivity index (χ1) is 11.8. The summed E-state index contributed by atoms with van der Waals surface area (Å²) in [5.74, 6) is -0.230. The third kappa shape index (κ3) is 3.80. The highest BCUT2D eigenvalue weighted by atomic mass is 32.2. The molecule has 0 saturated heterocycles. The monoisotopic (exact) mass is 331 g/mol. The Labute approximate surface area is 144 Å². The van der Waals surface area contributed by atoms with Gasteiger partial charge < -0.3 is 5.32 Å². The van der Waals surface area contributed by atoms with Gasteiger partial charge in [0.05, 0.1) is 17.2 Å². The Morgan fingerprint density at radius 2 is 1.75 bits per heavy atom. The lowest BCUT2D eigenvalue weighted by atomic mass is 10.2. The van der Waals surface area contributed by atoms with Crippen LogP contribution in [0.1, 0.15) is 15.9 Å². The molecule has 0 radical (unpaired) electrons. The van der Waals surface area contributed by atoms with Crippen molar-refractivity contribution < 1.29 is 4.79 Å². The second-order valence-electron chi connectivity index (χ2n) is 4.91. The maximum Gasteiger partial charge on any atom is 0.258 e. The number of hydrogen-bond donors (Lipinski definition) is 1. The van der Waals surface area contributed by atoms with E-state index in [2.05, 4.69) is 10.3 Å². The van der Waals surface area contributed by atoms with Crippen molar-refractivity contribution in [2.75, 3.05) is 5.32 Å². The van der Waals surface area contributed by atoms with Crippen LogP contribution in [0.4, 0.5) is 5.69 Å². The number of carbonyl (C=O) groups is 1. The fourth-order valence-electron chi connectivity index (χ4n) is 2.07. The molecular formula is C19H13N3OS. The van der Waals surface area contributed by atoms with Crippen LogP contribution in [-0.2, 0) is 0 Å². The molecule has 0 aliphatic rings. The molecule has 0 aliphatic carbocycles. The number of nitrogens with one attached hydrogen (secondary N) is 1. The van der Waals surface area contributed by atoms with Crippen molar-refractivity contribution in [3.63, 3.8) is 0 Å². The number of amides is 1. The number of aromatic nitrogens is 1. The zero-order valence-electron chi connectivity index (χ0n) is 12.6. The van der Waals surface area contributed by atoms with Crippen molar-refractivity contribution in [2.24, 2.45) is 0 Å². The second kappa shape index (κ2) is 7.44. The fourth-order valence-corrected chi connectivity index (χ4v) is 2.97. The zero-order valence-corrected chi connectivity index (χ0v) is 13.5. The number of pyridine rings is 1. The van der Waals surface area contributed by atoms with Gasteiger partial charge in [-0.1, -0.05) is 30.0 Å². The number of rotatable bonds is 4. The normalized spacial score (nSPS) is 9.96. The van der Waals surface area contributed by atoms with Crippen LogP contribution in [0.25, 0.3) is 0 Å². The Morgan fingerprint density at radius 3 is 2.46 bits per heavy atom. The van der Waals surface area contributed by atoms with Crippen molar-refractivity contribution in [1.82, 2.24) is 4.98 Å². The molecule has 0 aliphatic heterocycles. The third-order valence-electron chi connectivity index (χ3n) is 3.25. The first-order valence-corrected chi connectivity index (χ1v) is 8.07. The lowest BCUT2D eigenvalue weighted by Gasteiger charge is -2.09. The molecule has 0 atom stereocenters. The summed E-state index contributed by atoms with van der Waals surface area (Å²) in [6.07, 6.45) is 1.67. The van der Waals surface area contributed by atoms with Crippen molar-refractivity contribution >= 4 is 23.4 Å². The van der Waals surface area contributed by atoms with Gasteiger partial charge in [0.2, 0.25) is 0 Å². The summed E-state index contributed by atoms with van der Waals surface area (Å²) in [5, 5.41) is 12.3. The summed E-state index contributed by atoms with van der Waals surface area (Å²) in [6, 6.07) is 22.1. The summed E-state index contributed by atoms with van der Waals surface area (Å²) >= 11 is 1.44. The SMILES string of the molecule is N#Cc1ccc(NC(=O)c2cccnc2Sc2ccccc2)cc1. The minimum Gasteiger partial charge on any atom is -0.322 e. The van der Waals surface area contributed by atoms with E-state index in [0.29, 0.717) is 21.8 Å². The Morgan fingerprint density at radius 1 is 1.00 bits per heavy atom. The van der Waals surface area contributed by atoms with E-state index in [-0.39, 0.29) is 5.91 Å². The average Bonchev–Trinajstić information content (AvgIpc) is 2.63. The van der Waals surface area contributed by atoms with E-state index in [4.69, 9.17) is 5.26 Å². The number of carbonyl (C=O) groups excluding carboxylic acids is 1. The van der Waals surface area contributed by atoms with E-state index in [0.717, 1.165) is 4.90 Å². The molecule has 0 fully saturated rings. The smallest absolute Gasteiger partial charge is 0.258 e. The molecule has 1 aromatic heterocycles. The first-order valence-electron chi connectivity index (χ1n) is 7.26. The molecule has 4 nitrogen and oxygen atoms in total. The molecule has 3 rings (SSSR count). The van der Waals surface area contributed by atoms with Crippen LogP contribution in [0.15, 0.2) is 82.8 Å². The Balaban J connectivity index is 1.80. The molecule has 24 heavy (non-hydrogen) atoms. The average molecular weight is 331 g/mol. The molecule has 1 N–H and O–H groups in total. The number of nitrogens with zero attached hydrogens (tertiary/aromatic N) is 2. The lowest BCUT2D eigenvalue weighted by molar-refractivity contribution is 0.102. The fraction of sp³-hybridized carbons (Fsp3) is 0. The summed E-state index contributed by atoms with van der Waals surface area (Å²) in [6.45, 7) is 0. The summed E-state index contributed by atoms with van der Waals surface area (Å²) < 4.78 is 0. The molecule has 2 aromatic carbocycles. The van der Waals surface area contributed by atoms with Gasteiger partial charge in [0.25, 0.3) is 5.91 Å². The summed E-state index contributed by atoms with van der Waals surface area (Å²) in [5.41, 5.74) is 1.70. The standard InChI is InChI=1S/C19H13N3OS/c20-13-14-8-10-15(11-9-14)22-18(23)17-7-4-12-21-19(17)24-16-5-2-1-3-6-16/h1-12H,(H,22,23). The van der Waals surface area contributed by atoms with Gasteiger partial charge in [-0.15, -0.1) is 0 Å². The lowest BCUT2D eigenvalue weighted by Crippen LogP contribution is -2.13. The van der Waals surface area contributed by atoms with Crippen LogP contribution in [-0.4, -0.2) is 10.9 Å². The van der Waals surface area contributed by atoms with Crippen LogP contribution in [0.2, 0.25) is 0 Å². The molecule has 1 amide bonds. The van der Waals surface area contributed by atoms with Crippen LogP contribution in [0, 0.1) is 11.3 Å². The van der Waals surface area contributed by atoms with Crippen LogP contribution in [0.3, 0.4) is 0 Å². The van der Waals surface area contributed by atoms with E-state index in [1.165, 1.54) is 11.8 Å². The van der Waals surface area contributed by atoms with E-state index >= 15 is 0 Å². The molecular weight excluding hydrogens is 318 g/mol. The molecule has 5 heteroatoms. The number of anilines is 1. The molecule has 0 saturated carbocycles. The minimum atomic E-state index is -0.230. The minimum absolute atomic E-state index is 0.230. The topological polar surface area (TPSA) is 65.8 Å². The van der Waals surface area contributed by atoms with Crippen LogP contribution >= 0.6 is 11.8 Å². The molecule has 3 aromatic rings. The largest absolute Gasteiger partial charge is 0.322 e. The Bertz CT molecular complexity index is 886. The van der Waals surface area contributed by atoms with Gasteiger partial charge in [-0.05, 0) is 48.5 Å². The highest BCUT2D eigenvalue weighted by Crippen LogP contribution is 2.28. The van der Waals surface area contributed by atoms with Gasteiger partial charge in [0, 0.05) is 16.8 Å². The molecule has 0 spiro atoms. The Hall–Kier alpha value is -3.10. The zero-order chi connectivity index (χ0) is 16.8. The number of hydrogen-bond acceptors (Lipinski definition) is 4. The second-order valence-corrected chi connectivity index (χ2v) is 5.98. The Kier molecular flexibility index (Phi) is 4.90. The molecule has 0 unspecified atom stereocenters. The highest BCUT2D eigenvalue weighted by molar-refractivity contribution is 7.99. The number of nitriles is 1. The molecule has 0 bridgehead atoms.